The summed E-state index contributed by atoms with van der Waals surface area (Å²) in [6.45, 7) is 6.12. The maximum absolute atomic E-state index is 13.7. The van der Waals surface area contributed by atoms with Crippen LogP contribution in [0.1, 0.15) is 17.1 Å². The van der Waals surface area contributed by atoms with Gasteiger partial charge in [0, 0.05) is 43.3 Å². The predicted molar refractivity (Wildman–Crippen MR) is 150 cm³/mol. The first-order valence-electron chi connectivity index (χ1n) is 13.0. The summed E-state index contributed by atoms with van der Waals surface area (Å²) in [6, 6.07) is 17.0. The van der Waals surface area contributed by atoms with Gasteiger partial charge in [0.05, 0.1) is 19.8 Å². The molecule has 1 aliphatic rings. The van der Waals surface area contributed by atoms with Crippen LogP contribution in [0.25, 0.3) is 0 Å². The summed E-state index contributed by atoms with van der Waals surface area (Å²) in [6.07, 6.45) is 1.99. The van der Waals surface area contributed by atoms with Gasteiger partial charge in [0.15, 0.2) is 0 Å². The van der Waals surface area contributed by atoms with Crippen molar-refractivity contribution in [1.29, 1.82) is 0 Å². The number of hydrogen-bond donors (Lipinski definition) is 1. The molecule has 208 valence electrons. The zero-order chi connectivity index (χ0) is 27.6. The fraction of sp³-hybridized carbons (Fsp3) is 0.379. The lowest BCUT2D eigenvalue weighted by Gasteiger charge is -2.31. The van der Waals surface area contributed by atoms with Gasteiger partial charge in [-0.3, -0.25) is 9.69 Å². The van der Waals surface area contributed by atoms with Crippen LogP contribution in [0.3, 0.4) is 0 Å². The van der Waals surface area contributed by atoms with Gasteiger partial charge in [-0.15, -0.1) is 11.8 Å². The Bertz CT molecular complexity index is 1210. The standard InChI is InChI=1S/C29H35FN4O4S/c1-22-3-10-26(38-22)20-34(19-23-4-6-24(30)7-5-23)28(35)21-33(14-13-32-15-17-37-18-16-32)29(36)31-25-8-11-27(39-2)12-9-25/h3-12H,13-21H2,1-2H3,(H,31,36). The van der Waals surface area contributed by atoms with Crippen molar-refractivity contribution in [2.45, 2.75) is 24.9 Å². The summed E-state index contributed by atoms with van der Waals surface area (Å²) in [5.74, 6) is 0.817. The number of amides is 3. The van der Waals surface area contributed by atoms with Crippen LogP contribution < -0.4 is 5.32 Å². The molecule has 8 nitrogen and oxygen atoms in total. The Labute approximate surface area is 233 Å². The lowest BCUT2D eigenvalue weighted by molar-refractivity contribution is -0.133. The van der Waals surface area contributed by atoms with Crippen molar-refractivity contribution in [2.75, 3.05) is 57.5 Å². The van der Waals surface area contributed by atoms with Crippen molar-refractivity contribution in [2.24, 2.45) is 0 Å². The first kappa shape index (κ1) is 28.7. The van der Waals surface area contributed by atoms with E-state index in [4.69, 9.17) is 9.15 Å². The number of ether oxygens (including phenoxy) is 1. The highest BCUT2D eigenvalue weighted by Crippen LogP contribution is 2.18. The molecular formula is C29H35FN4O4S. The lowest BCUT2D eigenvalue weighted by Crippen LogP contribution is -2.48. The van der Waals surface area contributed by atoms with E-state index in [2.05, 4.69) is 10.2 Å². The molecule has 10 heteroatoms. The number of carbonyl (C=O) groups excluding carboxylic acids is 2. The van der Waals surface area contributed by atoms with Gasteiger partial charge in [-0.25, -0.2) is 9.18 Å². The van der Waals surface area contributed by atoms with Crippen molar-refractivity contribution < 1.29 is 23.1 Å². The van der Waals surface area contributed by atoms with E-state index in [0.29, 0.717) is 37.8 Å². The number of morpholine rings is 1. The number of furan rings is 1. The Morgan fingerprint density at radius 1 is 0.974 bits per heavy atom. The third-order valence-corrected chi connectivity index (χ3v) is 7.27. The average Bonchev–Trinajstić information content (AvgIpc) is 3.37. The van der Waals surface area contributed by atoms with Crippen LogP contribution in [0, 0.1) is 12.7 Å². The van der Waals surface area contributed by atoms with Crippen molar-refractivity contribution >= 4 is 29.4 Å². The van der Waals surface area contributed by atoms with Gasteiger partial charge >= 0.3 is 6.03 Å². The molecule has 0 spiro atoms. The lowest BCUT2D eigenvalue weighted by atomic mass is 10.2. The molecule has 0 radical (unpaired) electrons. The number of carbonyl (C=O) groups is 2. The molecule has 0 atom stereocenters. The monoisotopic (exact) mass is 554 g/mol. The summed E-state index contributed by atoms with van der Waals surface area (Å²) in [7, 11) is 0. The number of hydrogen-bond acceptors (Lipinski definition) is 6. The Hall–Kier alpha value is -3.34. The molecule has 0 aliphatic carbocycles. The van der Waals surface area contributed by atoms with Crippen LogP contribution in [-0.2, 0) is 22.6 Å². The molecule has 2 aromatic carbocycles. The SMILES string of the molecule is CSc1ccc(NC(=O)N(CCN2CCOCC2)CC(=O)N(Cc2ccc(F)cc2)Cc2ccc(C)o2)cc1. The minimum atomic E-state index is -0.343. The van der Waals surface area contributed by atoms with Gasteiger partial charge in [0.2, 0.25) is 5.91 Å². The van der Waals surface area contributed by atoms with Crippen LogP contribution in [0.4, 0.5) is 14.9 Å². The zero-order valence-corrected chi connectivity index (χ0v) is 23.2. The molecule has 3 aromatic rings. The largest absolute Gasteiger partial charge is 0.464 e. The van der Waals surface area contributed by atoms with Crippen LogP contribution in [-0.4, -0.2) is 78.8 Å². The maximum Gasteiger partial charge on any atom is 0.322 e. The van der Waals surface area contributed by atoms with Crippen LogP contribution >= 0.6 is 11.8 Å². The number of rotatable bonds is 11. The number of thioether (sulfide) groups is 1. The van der Waals surface area contributed by atoms with E-state index in [-0.39, 0.29) is 37.4 Å². The van der Waals surface area contributed by atoms with Crippen LogP contribution in [0.5, 0.6) is 0 Å². The summed E-state index contributed by atoms with van der Waals surface area (Å²) in [5.41, 5.74) is 1.45. The van der Waals surface area contributed by atoms with Gasteiger partial charge in [-0.2, -0.15) is 0 Å². The molecule has 2 heterocycles. The Morgan fingerprint density at radius 2 is 1.69 bits per heavy atom. The van der Waals surface area contributed by atoms with Gasteiger partial charge in [-0.05, 0) is 67.3 Å². The third-order valence-electron chi connectivity index (χ3n) is 6.53. The number of benzene rings is 2. The van der Waals surface area contributed by atoms with Crippen molar-refractivity contribution in [3.63, 3.8) is 0 Å². The van der Waals surface area contributed by atoms with E-state index < -0.39 is 0 Å². The average molecular weight is 555 g/mol. The van der Waals surface area contributed by atoms with Crippen LogP contribution in [0.2, 0.25) is 0 Å². The molecule has 3 amide bonds. The van der Waals surface area contributed by atoms with Crippen molar-refractivity contribution in [3.05, 3.63) is 83.6 Å². The normalized spacial score (nSPS) is 13.7. The number of aryl methyl sites for hydroxylation is 1. The van der Waals surface area contributed by atoms with Crippen LogP contribution in [0.15, 0.2) is 70.0 Å². The molecule has 39 heavy (non-hydrogen) atoms. The second kappa shape index (κ2) is 14.2. The van der Waals surface area contributed by atoms with E-state index in [9.17, 15) is 14.0 Å². The predicted octanol–water partition coefficient (Wildman–Crippen LogP) is 4.84. The molecule has 1 N–H and O–H groups in total. The number of urea groups is 1. The van der Waals surface area contributed by atoms with Gasteiger partial charge in [0.25, 0.3) is 0 Å². The minimum absolute atomic E-state index is 0.111. The fourth-order valence-electron chi connectivity index (χ4n) is 4.28. The van der Waals surface area contributed by atoms with Gasteiger partial charge in [0.1, 0.15) is 23.9 Å². The summed E-state index contributed by atoms with van der Waals surface area (Å²) >= 11 is 1.62. The third kappa shape index (κ3) is 8.84. The Morgan fingerprint density at radius 3 is 2.33 bits per heavy atom. The highest BCUT2D eigenvalue weighted by atomic mass is 32.2. The minimum Gasteiger partial charge on any atom is -0.464 e. The molecule has 1 aromatic heterocycles. The molecular weight excluding hydrogens is 519 g/mol. The van der Waals surface area contributed by atoms with E-state index in [1.54, 1.807) is 33.7 Å². The van der Waals surface area contributed by atoms with E-state index in [1.165, 1.54) is 12.1 Å². The van der Waals surface area contributed by atoms with E-state index >= 15 is 0 Å². The molecule has 1 aliphatic heterocycles. The molecule has 0 saturated carbocycles. The number of anilines is 1. The molecule has 0 bridgehead atoms. The number of nitrogens with one attached hydrogen (secondary N) is 1. The molecule has 1 fully saturated rings. The second-order valence-corrected chi connectivity index (χ2v) is 10.3. The summed E-state index contributed by atoms with van der Waals surface area (Å²) < 4.78 is 24.7. The quantitative estimate of drug-likeness (QED) is 0.342. The fourth-order valence-corrected chi connectivity index (χ4v) is 4.69. The van der Waals surface area contributed by atoms with Gasteiger partial charge < -0.3 is 24.3 Å². The molecule has 4 rings (SSSR count). The molecule has 1 saturated heterocycles. The van der Waals surface area contributed by atoms with E-state index in [1.807, 2.05) is 49.6 Å². The van der Waals surface area contributed by atoms with E-state index in [0.717, 1.165) is 29.3 Å². The second-order valence-electron chi connectivity index (χ2n) is 9.42. The Balaban J connectivity index is 1.49. The summed E-state index contributed by atoms with van der Waals surface area (Å²) in [5, 5.41) is 2.94. The molecule has 0 unspecified atom stereocenters. The van der Waals surface area contributed by atoms with Crippen molar-refractivity contribution in [3.8, 4) is 0 Å². The highest BCUT2D eigenvalue weighted by Gasteiger charge is 2.24. The maximum atomic E-state index is 13.7. The number of nitrogens with zero attached hydrogens (tertiary/aromatic N) is 3. The first-order valence-corrected chi connectivity index (χ1v) is 14.2. The smallest absolute Gasteiger partial charge is 0.322 e. The highest BCUT2D eigenvalue weighted by molar-refractivity contribution is 7.98. The summed E-state index contributed by atoms with van der Waals surface area (Å²) in [4.78, 5) is 33.6. The first-order chi connectivity index (χ1) is 18.9. The van der Waals surface area contributed by atoms with Gasteiger partial charge in [-0.1, -0.05) is 12.1 Å². The topological polar surface area (TPSA) is 78.3 Å². The Kier molecular flexibility index (Phi) is 10.4. The zero-order valence-electron chi connectivity index (χ0n) is 22.4. The number of halogens is 1. The van der Waals surface area contributed by atoms with Crippen molar-refractivity contribution in [1.82, 2.24) is 14.7 Å².